The van der Waals surface area contributed by atoms with Gasteiger partial charge in [-0.25, -0.2) is 0 Å². The van der Waals surface area contributed by atoms with Gasteiger partial charge < -0.3 is 5.73 Å². The number of hydrogen-bond acceptors (Lipinski definition) is 1. The number of rotatable bonds is 4. The molecule has 0 heterocycles. The van der Waals surface area contributed by atoms with Gasteiger partial charge in [0.15, 0.2) is 0 Å². The highest BCUT2D eigenvalue weighted by Crippen LogP contribution is 2.22. The van der Waals surface area contributed by atoms with Gasteiger partial charge in [0.25, 0.3) is 0 Å². The molecule has 2 N–H and O–H groups in total. The molecule has 0 bridgehead atoms. The Kier molecular flexibility index (Phi) is 4.55. The van der Waals surface area contributed by atoms with Crippen molar-refractivity contribution >= 4 is 0 Å². The molecule has 1 heteroatoms. The van der Waals surface area contributed by atoms with Crippen molar-refractivity contribution in [2.24, 2.45) is 11.7 Å². The average Bonchev–Trinajstić information content (AvgIpc) is 2.25. The normalized spacial score (nSPS) is 13.8. The van der Waals surface area contributed by atoms with Crippen LogP contribution in [0.5, 0.6) is 0 Å². The first-order valence-electron chi connectivity index (χ1n) is 6.23. The number of nitrogens with two attached hydrogens (primary N) is 1. The van der Waals surface area contributed by atoms with E-state index in [0.29, 0.717) is 5.92 Å². The molecule has 90 valence electrons. The number of hydrogen-bond donors (Lipinski definition) is 1. The minimum absolute atomic E-state index is 0.253. The lowest BCUT2D eigenvalue weighted by Crippen LogP contribution is -2.12. The van der Waals surface area contributed by atoms with Crippen LogP contribution >= 0.6 is 0 Å². The van der Waals surface area contributed by atoms with Crippen molar-refractivity contribution in [1.82, 2.24) is 0 Å². The summed E-state index contributed by atoms with van der Waals surface area (Å²) in [5, 5.41) is 0. The van der Waals surface area contributed by atoms with Crippen LogP contribution in [0.15, 0.2) is 24.3 Å². The number of aryl methyl sites for hydroxylation is 1. The van der Waals surface area contributed by atoms with E-state index in [2.05, 4.69) is 52.0 Å². The fraction of sp³-hybridized carbons (Fsp3) is 0.600. The SMILES string of the molecule is CC(CN)CCc1ccc(C(C)(C)C)cc1. The van der Waals surface area contributed by atoms with E-state index >= 15 is 0 Å². The predicted molar refractivity (Wildman–Crippen MR) is 71.7 cm³/mol. The molecule has 0 aliphatic rings. The molecule has 1 aromatic rings. The summed E-state index contributed by atoms with van der Waals surface area (Å²) in [5.74, 6) is 0.627. The molecule has 1 rings (SSSR count). The maximum absolute atomic E-state index is 5.62. The molecule has 0 aromatic heterocycles. The lowest BCUT2D eigenvalue weighted by atomic mass is 9.86. The van der Waals surface area contributed by atoms with Crippen molar-refractivity contribution in [1.29, 1.82) is 0 Å². The summed E-state index contributed by atoms with van der Waals surface area (Å²) in [7, 11) is 0. The monoisotopic (exact) mass is 219 g/mol. The minimum atomic E-state index is 0.253. The summed E-state index contributed by atoms with van der Waals surface area (Å²) in [5.41, 5.74) is 8.70. The van der Waals surface area contributed by atoms with Gasteiger partial charge >= 0.3 is 0 Å². The summed E-state index contributed by atoms with van der Waals surface area (Å²) >= 11 is 0. The highest BCUT2D eigenvalue weighted by molar-refractivity contribution is 5.27. The van der Waals surface area contributed by atoms with E-state index in [-0.39, 0.29) is 5.41 Å². The average molecular weight is 219 g/mol. The van der Waals surface area contributed by atoms with Crippen LogP contribution in [0.25, 0.3) is 0 Å². The molecule has 0 saturated heterocycles. The summed E-state index contributed by atoms with van der Waals surface area (Å²) in [4.78, 5) is 0. The van der Waals surface area contributed by atoms with Crippen molar-refractivity contribution in [3.8, 4) is 0 Å². The van der Waals surface area contributed by atoms with Gasteiger partial charge in [-0.3, -0.25) is 0 Å². The maximum atomic E-state index is 5.62. The summed E-state index contributed by atoms with van der Waals surface area (Å²) < 4.78 is 0. The van der Waals surface area contributed by atoms with Crippen LogP contribution < -0.4 is 5.73 Å². The lowest BCUT2D eigenvalue weighted by Gasteiger charge is -2.19. The van der Waals surface area contributed by atoms with Crippen LogP contribution in [0.4, 0.5) is 0 Å². The Morgan fingerprint density at radius 1 is 1.12 bits per heavy atom. The topological polar surface area (TPSA) is 26.0 Å². The summed E-state index contributed by atoms with van der Waals surface area (Å²) in [6.07, 6.45) is 2.33. The van der Waals surface area contributed by atoms with Crippen molar-refractivity contribution in [2.75, 3.05) is 6.54 Å². The van der Waals surface area contributed by atoms with Crippen molar-refractivity contribution in [3.63, 3.8) is 0 Å². The van der Waals surface area contributed by atoms with E-state index in [1.54, 1.807) is 0 Å². The second kappa shape index (κ2) is 5.49. The van der Waals surface area contributed by atoms with E-state index in [1.165, 1.54) is 17.5 Å². The Morgan fingerprint density at radius 2 is 1.69 bits per heavy atom. The molecule has 16 heavy (non-hydrogen) atoms. The van der Waals surface area contributed by atoms with E-state index in [0.717, 1.165) is 13.0 Å². The lowest BCUT2D eigenvalue weighted by molar-refractivity contribution is 0.544. The second-order valence-corrected chi connectivity index (χ2v) is 5.83. The van der Waals surface area contributed by atoms with Crippen LogP contribution in [0.3, 0.4) is 0 Å². The quantitative estimate of drug-likeness (QED) is 0.824. The van der Waals surface area contributed by atoms with Crippen molar-refractivity contribution in [3.05, 3.63) is 35.4 Å². The van der Waals surface area contributed by atoms with E-state index < -0.39 is 0 Å². The van der Waals surface area contributed by atoms with Gasteiger partial charge in [-0.2, -0.15) is 0 Å². The Bertz CT molecular complexity index is 305. The Balaban J connectivity index is 2.58. The molecule has 0 aliphatic carbocycles. The third-order valence-corrected chi connectivity index (χ3v) is 3.15. The zero-order chi connectivity index (χ0) is 12.2. The van der Waals surface area contributed by atoms with Gasteiger partial charge in [-0.05, 0) is 41.8 Å². The maximum Gasteiger partial charge on any atom is -0.00514 e. The molecular weight excluding hydrogens is 194 g/mol. The molecule has 1 atom stereocenters. The fourth-order valence-electron chi connectivity index (χ4n) is 1.70. The molecule has 0 radical (unpaired) electrons. The largest absolute Gasteiger partial charge is 0.330 e. The zero-order valence-corrected chi connectivity index (χ0v) is 11.1. The van der Waals surface area contributed by atoms with Gasteiger partial charge in [-0.15, -0.1) is 0 Å². The first-order valence-corrected chi connectivity index (χ1v) is 6.23. The molecule has 1 aromatic carbocycles. The fourth-order valence-corrected chi connectivity index (χ4v) is 1.70. The first kappa shape index (κ1) is 13.2. The molecule has 0 spiro atoms. The van der Waals surface area contributed by atoms with Crippen LogP contribution in [0, 0.1) is 5.92 Å². The van der Waals surface area contributed by atoms with Gasteiger partial charge in [0, 0.05) is 0 Å². The third kappa shape index (κ3) is 3.97. The van der Waals surface area contributed by atoms with E-state index in [4.69, 9.17) is 5.73 Å². The highest BCUT2D eigenvalue weighted by Gasteiger charge is 2.12. The van der Waals surface area contributed by atoms with Crippen LogP contribution in [0.1, 0.15) is 45.2 Å². The van der Waals surface area contributed by atoms with E-state index in [9.17, 15) is 0 Å². The van der Waals surface area contributed by atoms with E-state index in [1.807, 2.05) is 0 Å². The summed E-state index contributed by atoms with van der Waals surface area (Å²) in [6, 6.07) is 9.01. The van der Waals surface area contributed by atoms with Gasteiger partial charge in [0.2, 0.25) is 0 Å². The standard InChI is InChI=1S/C15H25N/c1-12(11-16)5-6-13-7-9-14(10-8-13)15(2,3)4/h7-10,12H,5-6,11,16H2,1-4H3. The number of benzene rings is 1. The zero-order valence-electron chi connectivity index (χ0n) is 11.1. The van der Waals surface area contributed by atoms with Crippen LogP contribution in [-0.2, 0) is 11.8 Å². The smallest absolute Gasteiger partial charge is 0.00514 e. The molecule has 0 fully saturated rings. The molecule has 0 aliphatic heterocycles. The molecule has 0 saturated carbocycles. The van der Waals surface area contributed by atoms with Gasteiger partial charge in [0.05, 0.1) is 0 Å². The van der Waals surface area contributed by atoms with Crippen molar-refractivity contribution in [2.45, 2.75) is 46.0 Å². The highest BCUT2D eigenvalue weighted by atomic mass is 14.5. The molecular formula is C15H25N. The minimum Gasteiger partial charge on any atom is -0.330 e. The first-order chi connectivity index (χ1) is 7.43. The van der Waals surface area contributed by atoms with Crippen LogP contribution in [-0.4, -0.2) is 6.54 Å². The van der Waals surface area contributed by atoms with Gasteiger partial charge in [-0.1, -0.05) is 52.0 Å². The van der Waals surface area contributed by atoms with Gasteiger partial charge in [0.1, 0.15) is 0 Å². The summed E-state index contributed by atoms with van der Waals surface area (Å²) in [6.45, 7) is 9.75. The Hall–Kier alpha value is -0.820. The molecule has 1 nitrogen and oxygen atoms in total. The van der Waals surface area contributed by atoms with Crippen molar-refractivity contribution < 1.29 is 0 Å². The third-order valence-electron chi connectivity index (χ3n) is 3.15. The Labute approximate surface area is 100 Å². The van der Waals surface area contributed by atoms with Crippen LogP contribution in [0.2, 0.25) is 0 Å². The molecule has 1 unspecified atom stereocenters. The molecule has 0 amide bonds. The second-order valence-electron chi connectivity index (χ2n) is 5.83. The predicted octanol–water partition coefficient (Wildman–Crippen LogP) is 3.51. The Morgan fingerprint density at radius 3 is 2.12 bits per heavy atom.